The summed E-state index contributed by atoms with van der Waals surface area (Å²) >= 11 is 0. The van der Waals surface area contributed by atoms with Gasteiger partial charge in [-0.05, 0) is 17.2 Å². The van der Waals surface area contributed by atoms with Crippen LogP contribution in [0.3, 0.4) is 0 Å². The van der Waals surface area contributed by atoms with Gasteiger partial charge >= 0.3 is 0 Å². The molecule has 2 N–H and O–H groups in total. The van der Waals surface area contributed by atoms with Gasteiger partial charge in [-0.25, -0.2) is 4.68 Å². The van der Waals surface area contributed by atoms with Gasteiger partial charge in [0.25, 0.3) is 5.56 Å². The number of hydrogen-bond donors (Lipinski definition) is 1. The van der Waals surface area contributed by atoms with E-state index in [0.29, 0.717) is 18.5 Å². The fourth-order valence-corrected chi connectivity index (χ4v) is 2.31. The fourth-order valence-electron chi connectivity index (χ4n) is 2.31. The molecule has 20 heavy (non-hydrogen) atoms. The summed E-state index contributed by atoms with van der Waals surface area (Å²) in [6.45, 7) is 0.898. The molecule has 100 valence electrons. The predicted molar refractivity (Wildman–Crippen MR) is 79.4 cm³/mol. The van der Waals surface area contributed by atoms with Gasteiger partial charge in [0.2, 0.25) is 0 Å². The highest BCUT2D eigenvalue weighted by atomic mass is 16.1. The second kappa shape index (κ2) is 5.27. The Balaban J connectivity index is 2.07. The molecule has 1 aromatic heterocycles. The molecule has 3 aromatic rings. The largest absolute Gasteiger partial charge is 0.326 e. The van der Waals surface area contributed by atoms with Gasteiger partial charge in [-0.3, -0.25) is 4.79 Å². The van der Waals surface area contributed by atoms with E-state index < -0.39 is 0 Å². The van der Waals surface area contributed by atoms with E-state index in [1.54, 1.807) is 6.20 Å². The number of nitrogens with two attached hydrogens (primary N) is 1. The van der Waals surface area contributed by atoms with Crippen molar-refractivity contribution in [1.82, 2.24) is 9.78 Å². The summed E-state index contributed by atoms with van der Waals surface area (Å²) in [7, 11) is 0. The van der Waals surface area contributed by atoms with Crippen molar-refractivity contribution in [2.75, 3.05) is 0 Å². The van der Waals surface area contributed by atoms with Crippen LogP contribution in [0.1, 0.15) is 11.1 Å². The van der Waals surface area contributed by atoms with E-state index in [9.17, 15) is 4.79 Å². The van der Waals surface area contributed by atoms with E-state index >= 15 is 0 Å². The van der Waals surface area contributed by atoms with Crippen LogP contribution in [0.25, 0.3) is 10.8 Å². The summed E-state index contributed by atoms with van der Waals surface area (Å²) in [5.41, 5.74) is 7.72. The summed E-state index contributed by atoms with van der Waals surface area (Å²) in [6.07, 6.45) is 1.72. The zero-order chi connectivity index (χ0) is 13.9. The fraction of sp³-hybridized carbons (Fsp3) is 0.125. The number of benzene rings is 2. The lowest BCUT2D eigenvalue weighted by atomic mass is 10.1. The SMILES string of the molecule is NCc1ccccc1Cn1ncc2ccccc2c1=O. The van der Waals surface area contributed by atoms with Crippen LogP contribution in [0.2, 0.25) is 0 Å². The van der Waals surface area contributed by atoms with E-state index in [1.807, 2.05) is 48.5 Å². The van der Waals surface area contributed by atoms with Gasteiger partial charge in [0, 0.05) is 11.9 Å². The van der Waals surface area contributed by atoms with E-state index in [-0.39, 0.29) is 5.56 Å². The molecule has 0 aliphatic heterocycles. The first kappa shape index (κ1) is 12.6. The molecule has 0 spiro atoms. The Hall–Kier alpha value is -2.46. The Kier molecular flexibility index (Phi) is 3.31. The molecular formula is C16H15N3O. The third-order valence-electron chi connectivity index (χ3n) is 3.42. The van der Waals surface area contributed by atoms with Crippen molar-refractivity contribution in [1.29, 1.82) is 0 Å². The highest BCUT2D eigenvalue weighted by molar-refractivity contribution is 5.80. The summed E-state index contributed by atoms with van der Waals surface area (Å²) in [5.74, 6) is 0. The number of fused-ring (bicyclic) bond motifs is 1. The molecule has 0 radical (unpaired) electrons. The molecule has 0 bridgehead atoms. The van der Waals surface area contributed by atoms with Crippen LogP contribution < -0.4 is 11.3 Å². The maximum absolute atomic E-state index is 12.4. The van der Waals surface area contributed by atoms with Crippen molar-refractivity contribution >= 4 is 10.8 Å². The van der Waals surface area contributed by atoms with E-state index in [1.165, 1.54) is 4.68 Å². The molecule has 0 saturated carbocycles. The highest BCUT2D eigenvalue weighted by Crippen LogP contribution is 2.10. The predicted octanol–water partition coefficient (Wildman–Crippen LogP) is 1.90. The molecule has 0 unspecified atom stereocenters. The van der Waals surface area contributed by atoms with E-state index in [4.69, 9.17) is 5.73 Å². The van der Waals surface area contributed by atoms with Crippen molar-refractivity contribution in [3.8, 4) is 0 Å². The first-order chi connectivity index (χ1) is 9.79. The summed E-state index contributed by atoms with van der Waals surface area (Å²) in [5, 5.41) is 5.79. The molecular weight excluding hydrogens is 250 g/mol. The molecule has 2 aromatic carbocycles. The second-order valence-corrected chi connectivity index (χ2v) is 4.67. The molecule has 0 fully saturated rings. The first-order valence-electron chi connectivity index (χ1n) is 6.51. The lowest BCUT2D eigenvalue weighted by Gasteiger charge is -2.09. The molecule has 0 aliphatic rings. The highest BCUT2D eigenvalue weighted by Gasteiger charge is 2.06. The number of hydrogen-bond acceptors (Lipinski definition) is 3. The summed E-state index contributed by atoms with van der Waals surface area (Å²) < 4.78 is 1.48. The molecule has 4 nitrogen and oxygen atoms in total. The van der Waals surface area contributed by atoms with Crippen LogP contribution >= 0.6 is 0 Å². The number of nitrogens with zero attached hydrogens (tertiary/aromatic N) is 2. The third kappa shape index (κ3) is 2.21. The van der Waals surface area contributed by atoms with Crippen molar-refractivity contribution < 1.29 is 0 Å². The lowest BCUT2D eigenvalue weighted by molar-refractivity contribution is 0.643. The molecule has 0 saturated heterocycles. The Morgan fingerprint density at radius 2 is 1.70 bits per heavy atom. The monoisotopic (exact) mass is 265 g/mol. The summed E-state index contributed by atoms with van der Waals surface area (Å²) in [6, 6.07) is 15.3. The minimum Gasteiger partial charge on any atom is -0.326 e. The van der Waals surface area contributed by atoms with Crippen molar-refractivity contribution in [2.24, 2.45) is 5.73 Å². The van der Waals surface area contributed by atoms with Crippen molar-refractivity contribution in [2.45, 2.75) is 13.1 Å². The third-order valence-corrected chi connectivity index (χ3v) is 3.42. The zero-order valence-electron chi connectivity index (χ0n) is 11.0. The average molecular weight is 265 g/mol. The van der Waals surface area contributed by atoms with Gasteiger partial charge < -0.3 is 5.73 Å². The standard InChI is InChI=1S/C16H15N3O/c17-9-12-5-1-2-7-14(12)11-19-16(20)15-8-4-3-6-13(15)10-18-19/h1-8,10H,9,11,17H2. The Labute approximate surface area is 116 Å². The van der Waals surface area contributed by atoms with Crippen LogP contribution in [0, 0.1) is 0 Å². The van der Waals surface area contributed by atoms with Crippen LogP contribution in [0.4, 0.5) is 0 Å². The van der Waals surface area contributed by atoms with Crippen molar-refractivity contribution in [3.63, 3.8) is 0 Å². The van der Waals surface area contributed by atoms with Gasteiger partial charge in [-0.15, -0.1) is 0 Å². The minimum absolute atomic E-state index is 0.0741. The van der Waals surface area contributed by atoms with E-state index in [2.05, 4.69) is 5.10 Å². The zero-order valence-corrected chi connectivity index (χ0v) is 11.0. The van der Waals surface area contributed by atoms with Crippen LogP contribution in [0.15, 0.2) is 59.5 Å². The van der Waals surface area contributed by atoms with Crippen LogP contribution in [0.5, 0.6) is 0 Å². The van der Waals surface area contributed by atoms with Gasteiger partial charge in [-0.2, -0.15) is 5.10 Å². The maximum atomic E-state index is 12.4. The molecule has 0 amide bonds. The molecule has 0 aliphatic carbocycles. The molecule has 1 heterocycles. The quantitative estimate of drug-likeness (QED) is 0.786. The second-order valence-electron chi connectivity index (χ2n) is 4.67. The minimum atomic E-state index is -0.0741. The number of rotatable bonds is 3. The number of aromatic nitrogens is 2. The first-order valence-corrected chi connectivity index (χ1v) is 6.51. The topological polar surface area (TPSA) is 60.9 Å². The smallest absolute Gasteiger partial charge is 0.274 e. The molecule has 4 heteroatoms. The maximum Gasteiger partial charge on any atom is 0.274 e. The Bertz CT molecular complexity index is 808. The molecule has 3 rings (SSSR count). The van der Waals surface area contributed by atoms with Crippen molar-refractivity contribution in [3.05, 3.63) is 76.2 Å². The molecule has 0 atom stereocenters. The summed E-state index contributed by atoms with van der Waals surface area (Å²) in [4.78, 5) is 12.4. The van der Waals surface area contributed by atoms with Gasteiger partial charge in [0.15, 0.2) is 0 Å². The Morgan fingerprint density at radius 3 is 2.50 bits per heavy atom. The van der Waals surface area contributed by atoms with Gasteiger partial charge in [0.05, 0.1) is 18.1 Å². The van der Waals surface area contributed by atoms with Crippen LogP contribution in [-0.4, -0.2) is 9.78 Å². The average Bonchev–Trinajstić information content (AvgIpc) is 2.51. The van der Waals surface area contributed by atoms with Gasteiger partial charge in [0.1, 0.15) is 0 Å². The normalized spacial score (nSPS) is 10.8. The van der Waals surface area contributed by atoms with E-state index in [0.717, 1.165) is 16.5 Å². The van der Waals surface area contributed by atoms with Gasteiger partial charge in [-0.1, -0.05) is 42.5 Å². The van der Waals surface area contributed by atoms with Crippen LogP contribution in [-0.2, 0) is 13.1 Å². The Morgan fingerprint density at radius 1 is 1.00 bits per heavy atom. The lowest BCUT2D eigenvalue weighted by Crippen LogP contribution is -2.24.